The van der Waals surface area contributed by atoms with Crippen LogP contribution in [0.5, 0.6) is 0 Å². The largest absolute Gasteiger partial charge is 0.326 e. The minimum absolute atomic E-state index is 0.0116. The fourth-order valence-corrected chi connectivity index (χ4v) is 4.49. The van der Waals surface area contributed by atoms with Crippen LogP contribution in [0.3, 0.4) is 0 Å². The summed E-state index contributed by atoms with van der Waals surface area (Å²) in [4.78, 5) is 12.3. The first-order valence-corrected chi connectivity index (χ1v) is 10.0. The van der Waals surface area contributed by atoms with E-state index in [1.54, 1.807) is 24.3 Å². The second-order valence-corrected chi connectivity index (χ2v) is 8.26. The Kier molecular flexibility index (Phi) is 6.96. The maximum atomic E-state index is 12.6. The van der Waals surface area contributed by atoms with E-state index in [2.05, 4.69) is 18.5 Å². The number of carbonyl (C=O) groups is 1. The van der Waals surface area contributed by atoms with Crippen LogP contribution in [0.4, 0.5) is 5.69 Å². The number of sulfonamides is 1. The Balaban J connectivity index is 2.03. The number of hydrogen-bond donors (Lipinski definition) is 1. The number of nitrogens with zero attached hydrogens (tertiary/aromatic N) is 1. The summed E-state index contributed by atoms with van der Waals surface area (Å²) in [6.45, 7) is 7.61. The van der Waals surface area contributed by atoms with Gasteiger partial charge >= 0.3 is 0 Å². The van der Waals surface area contributed by atoms with Gasteiger partial charge in [0.15, 0.2) is 0 Å². The molecule has 1 fully saturated rings. The first-order valence-electron chi connectivity index (χ1n) is 8.59. The van der Waals surface area contributed by atoms with Gasteiger partial charge in [-0.15, -0.1) is 13.2 Å². The topological polar surface area (TPSA) is 66.5 Å². The zero-order valence-electron chi connectivity index (χ0n) is 14.5. The van der Waals surface area contributed by atoms with Gasteiger partial charge in [-0.3, -0.25) is 4.79 Å². The summed E-state index contributed by atoms with van der Waals surface area (Å²) in [6.07, 6.45) is 8.26. The van der Waals surface area contributed by atoms with Crippen LogP contribution < -0.4 is 5.32 Å². The van der Waals surface area contributed by atoms with E-state index in [1.807, 2.05) is 0 Å². The van der Waals surface area contributed by atoms with Gasteiger partial charge in [0.2, 0.25) is 15.9 Å². The molecule has 1 aromatic rings. The third kappa shape index (κ3) is 5.28. The molecule has 0 spiro atoms. The summed E-state index contributed by atoms with van der Waals surface area (Å²) in [5.74, 6) is 0.466. The van der Waals surface area contributed by atoms with Crippen LogP contribution in [0.25, 0.3) is 0 Å². The van der Waals surface area contributed by atoms with Gasteiger partial charge in [-0.05, 0) is 43.0 Å². The second-order valence-electron chi connectivity index (χ2n) is 6.33. The number of hydrogen-bond acceptors (Lipinski definition) is 3. The Morgan fingerprint density at radius 1 is 1.12 bits per heavy atom. The van der Waals surface area contributed by atoms with E-state index < -0.39 is 10.0 Å². The van der Waals surface area contributed by atoms with Crippen molar-refractivity contribution in [1.29, 1.82) is 0 Å². The Labute approximate surface area is 150 Å². The first kappa shape index (κ1) is 19.4. The molecule has 1 amide bonds. The van der Waals surface area contributed by atoms with Gasteiger partial charge in [-0.25, -0.2) is 8.42 Å². The fourth-order valence-electron chi connectivity index (χ4n) is 3.11. The molecule has 0 aromatic heterocycles. The fraction of sp³-hybridized carbons (Fsp3) is 0.421. The van der Waals surface area contributed by atoms with E-state index in [0.29, 0.717) is 18.0 Å². The molecule has 0 heterocycles. The van der Waals surface area contributed by atoms with Crippen molar-refractivity contribution in [3.05, 3.63) is 49.6 Å². The standard InChI is InChI=1S/C19H26N2O3S/c1-3-13-21(14-4-2)25(23,24)18-11-9-17(10-12-18)20-19(22)15-16-7-5-6-8-16/h3-4,9-12,16H,1-2,5-8,13-15H2,(H,20,22). The van der Waals surface area contributed by atoms with E-state index in [1.165, 1.54) is 29.3 Å². The van der Waals surface area contributed by atoms with Crippen LogP contribution in [-0.2, 0) is 14.8 Å². The quantitative estimate of drug-likeness (QED) is 0.683. The molecule has 1 N–H and O–H groups in total. The Hall–Kier alpha value is -1.92. The maximum absolute atomic E-state index is 12.6. The molecule has 0 saturated heterocycles. The van der Waals surface area contributed by atoms with Gasteiger partial charge in [0.05, 0.1) is 4.90 Å². The van der Waals surface area contributed by atoms with Crippen molar-refractivity contribution in [3.63, 3.8) is 0 Å². The zero-order valence-corrected chi connectivity index (χ0v) is 15.3. The average molecular weight is 362 g/mol. The summed E-state index contributed by atoms with van der Waals surface area (Å²) in [6, 6.07) is 6.28. The van der Waals surface area contributed by atoms with Gasteiger partial charge in [-0.1, -0.05) is 25.0 Å². The lowest BCUT2D eigenvalue weighted by molar-refractivity contribution is -0.117. The molecule has 0 bridgehead atoms. The average Bonchev–Trinajstić information content (AvgIpc) is 3.08. The molecule has 0 aliphatic heterocycles. The molecule has 0 atom stereocenters. The van der Waals surface area contributed by atoms with E-state index in [9.17, 15) is 13.2 Å². The first-order chi connectivity index (χ1) is 12.0. The van der Waals surface area contributed by atoms with Gasteiger partial charge in [-0.2, -0.15) is 4.31 Å². The van der Waals surface area contributed by atoms with Gasteiger partial charge in [0, 0.05) is 25.2 Å². The van der Waals surface area contributed by atoms with E-state index in [0.717, 1.165) is 12.8 Å². The summed E-state index contributed by atoms with van der Waals surface area (Å²) < 4.78 is 26.5. The molecular weight excluding hydrogens is 336 g/mol. The third-order valence-electron chi connectivity index (χ3n) is 4.39. The highest BCUT2D eigenvalue weighted by atomic mass is 32.2. The SMILES string of the molecule is C=CCN(CC=C)S(=O)(=O)c1ccc(NC(=O)CC2CCCC2)cc1. The van der Waals surface area contributed by atoms with Crippen LogP contribution in [0.2, 0.25) is 0 Å². The van der Waals surface area contributed by atoms with Crippen molar-refractivity contribution >= 4 is 21.6 Å². The number of carbonyl (C=O) groups excluding carboxylic acids is 1. The van der Waals surface area contributed by atoms with Crippen molar-refractivity contribution in [2.45, 2.75) is 37.0 Å². The number of anilines is 1. The molecule has 0 unspecified atom stereocenters. The van der Waals surface area contributed by atoms with Crippen molar-refractivity contribution in [3.8, 4) is 0 Å². The minimum atomic E-state index is -3.61. The van der Waals surface area contributed by atoms with E-state index >= 15 is 0 Å². The van der Waals surface area contributed by atoms with Crippen LogP contribution in [-0.4, -0.2) is 31.7 Å². The number of benzene rings is 1. The molecule has 1 saturated carbocycles. The summed E-state index contributed by atoms with van der Waals surface area (Å²) in [7, 11) is -3.61. The van der Waals surface area contributed by atoms with E-state index in [-0.39, 0.29) is 23.9 Å². The molecule has 1 aliphatic rings. The van der Waals surface area contributed by atoms with Crippen LogP contribution in [0.1, 0.15) is 32.1 Å². The predicted molar refractivity (Wildman–Crippen MR) is 101 cm³/mol. The molecule has 1 aliphatic carbocycles. The molecule has 2 rings (SSSR count). The van der Waals surface area contributed by atoms with Crippen LogP contribution >= 0.6 is 0 Å². The monoisotopic (exact) mass is 362 g/mol. The van der Waals surface area contributed by atoms with Crippen molar-refractivity contribution in [1.82, 2.24) is 4.31 Å². The molecule has 0 radical (unpaired) electrons. The molecular formula is C19H26N2O3S. The Morgan fingerprint density at radius 2 is 1.68 bits per heavy atom. The summed E-state index contributed by atoms with van der Waals surface area (Å²) in [5, 5.41) is 2.85. The normalized spacial score (nSPS) is 15.2. The van der Waals surface area contributed by atoms with Crippen molar-refractivity contribution in [2.75, 3.05) is 18.4 Å². The van der Waals surface area contributed by atoms with Gasteiger partial charge in [0.1, 0.15) is 0 Å². The molecule has 5 nitrogen and oxygen atoms in total. The highest BCUT2D eigenvalue weighted by Gasteiger charge is 2.22. The van der Waals surface area contributed by atoms with Crippen LogP contribution in [0, 0.1) is 5.92 Å². The lowest BCUT2D eigenvalue weighted by Crippen LogP contribution is -2.31. The highest BCUT2D eigenvalue weighted by molar-refractivity contribution is 7.89. The summed E-state index contributed by atoms with van der Waals surface area (Å²) >= 11 is 0. The molecule has 25 heavy (non-hydrogen) atoms. The summed E-state index contributed by atoms with van der Waals surface area (Å²) in [5.41, 5.74) is 0.612. The van der Waals surface area contributed by atoms with Crippen molar-refractivity contribution < 1.29 is 13.2 Å². The smallest absolute Gasteiger partial charge is 0.243 e. The third-order valence-corrected chi connectivity index (χ3v) is 6.24. The molecule has 136 valence electrons. The number of rotatable bonds is 9. The van der Waals surface area contributed by atoms with Crippen LogP contribution in [0.15, 0.2) is 54.5 Å². The molecule has 1 aromatic carbocycles. The Bertz CT molecular complexity index is 695. The lowest BCUT2D eigenvalue weighted by atomic mass is 10.0. The maximum Gasteiger partial charge on any atom is 0.243 e. The lowest BCUT2D eigenvalue weighted by Gasteiger charge is -2.19. The highest BCUT2D eigenvalue weighted by Crippen LogP contribution is 2.28. The van der Waals surface area contributed by atoms with Gasteiger partial charge < -0.3 is 5.32 Å². The predicted octanol–water partition coefficient (Wildman–Crippen LogP) is 3.57. The molecule has 6 heteroatoms. The van der Waals surface area contributed by atoms with Gasteiger partial charge in [0.25, 0.3) is 0 Å². The number of nitrogens with one attached hydrogen (secondary N) is 1. The number of amides is 1. The zero-order chi connectivity index (χ0) is 18.3. The second kappa shape index (κ2) is 8.97. The van der Waals surface area contributed by atoms with Crippen molar-refractivity contribution in [2.24, 2.45) is 5.92 Å². The Morgan fingerprint density at radius 3 is 2.20 bits per heavy atom. The van der Waals surface area contributed by atoms with E-state index in [4.69, 9.17) is 0 Å². The minimum Gasteiger partial charge on any atom is -0.326 e.